The summed E-state index contributed by atoms with van der Waals surface area (Å²) < 4.78 is 4.87. The van der Waals surface area contributed by atoms with Crippen LogP contribution in [-0.4, -0.2) is 18.6 Å². The molecule has 0 fully saturated rings. The maximum atomic E-state index is 11.7. The molecule has 3 N–H and O–H groups in total. The van der Waals surface area contributed by atoms with E-state index in [0.717, 1.165) is 31.2 Å². The van der Waals surface area contributed by atoms with Crippen molar-refractivity contribution in [2.75, 3.05) is 11.9 Å². The minimum absolute atomic E-state index is 0.294. The van der Waals surface area contributed by atoms with Gasteiger partial charge in [-0.2, -0.15) is 0 Å². The van der Waals surface area contributed by atoms with E-state index >= 15 is 0 Å². The number of hydrogen-bond acceptors (Lipinski definition) is 4. The highest BCUT2D eigenvalue weighted by atomic mass is 32.1. The maximum Gasteiger partial charge on any atom is 0.412 e. The monoisotopic (exact) mass is 296 g/mol. The normalized spacial score (nSPS) is 14.8. The van der Waals surface area contributed by atoms with Gasteiger partial charge in [0.1, 0.15) is 5.00 Å². The van der Waals surface area contributed by atoms with E-state index in [1.54, 1.807) is 6.92 Å². The molecular formula is C14H20N2O3S. The fourth-order valence-corrected chi connectivity index (χ4v) is 3.81. The zero-order chi connectivity index (χ0) is 14.5. The minimum atomic E-state index is -0.538. The number of aryl methyl sites for hydroxylation is 1. The highest BCUT2D eigenvalue weighted by Crippen LogP contribution is 2.36. The van der Waals surface area contributed by atoms with Gasteiger partial charge in [-0.05, 0) is 38.2 Å². The van der Waals surface area contributed by atoms with Gasteiger partial charge >= 0.3 is 6.09 Å². The second-order valence-corrected chi connectivity index (χ2v) is 5.94. The number of carbonyl (C=O) groups excluding carboxylic acids is 2. The highest BCUT2D eigenvalue weighted by Gasteiger charge is 2.23. The zero-order valence-corrected chi connectivity index (χ0v) is 12.5. The topological polar surface area (TPSA) is 81.4 Å². The van der Waals surface area contributed by atoms with Gasteiger partial charge in [0.25, 0.3) is 5.91 Å². The second kappa shape index (κ2) is 6.74. The van der Waals surface area contributed by atoms with E-state index in [2.05, 4.69) is 5.32 Å². The number of nitrogens with two attached hydrogens (primary N) is 1. The standard InChI is InChI=1S/C14H20N2O3S/c1-2-19-14(18)16-13-11(12(15)17)9-7-5-3-4-6-8-10(9)20-13/h2-8H2,1H3,(H2,15,17)(H,16,18). The lowest BCUT2D eigenvalue weighted by Crippen LogP contribution is -2.18. The molecule has 0 saturated heterocycles. The average molecular weight is 296 g/mol. The van der Waals surface area contributed by atoms with E-state index in [9.17, 15) is 9.59 Å². The molecule has 2 rings (SSSR count). The molecule has 1 aromatic heterocycles. The summed E-state index contributed by atoms with van der Waals surface area (Å²) in [5, 5.41) is 3.18. The number of nitrogens with one attached hydrogen (secondary N) is 1. The van der Waals surface area contributed by atoms with Crippen molar-refractivity contribution in [1.29, 1.82) is 0 Å². The van der Waals surface area contributed by atoms with E-state index in [4.69, 9.17) is 10.5 Å². The van der Waals surface area contributed by atoms with E-state index in [1.807, 2.05) is 0 Å². The van der Waals surface area contributed by atoms with Crippen molar-refractivity contribution in [3.05, 3.63) is 16.0 Å². The Hall–Kier alpha value is -1.56. The van der Waals surface area contributed by atoms with E-state index in [1.165, 1.54) is 29.1 Å². The summed E-state index contributed by atoms with van der Waals surface area (Å²) >= 11 is 1.45. The number of fused-ring (bicyclic) bond motifs is 1. The summed E-state index contributed by atoms with van der Waals surface area (Å²) in [7, 11) is 0. The summed E-state index contributed by atoms with van der Waals surface area (Å²) in [6.45, 7) is 2.03. The Morgan fingerprint density at radius 3 is 2.60 bits per heavy atom. The van der Waals surface area contributed by atoms with Gasteiger partial charge in [0.15, 0.2) is 0 Å². The maximum absolute atomic E-state index is 11.7. The predicted octanol–water partition coefficient (Wildman–Crippen LogP) is 3.07. The number of primary amides is 1. The molecule has 0 spiro atoms. The largest absolute Gasteiger partial charge is 0.450 e. The number of thiophene rings is 1. The second-order valence-electron chi connectivity index (χ2n) is 4.83. The molecule has 0 unspecified atom stereocenters. The Kier molecular flexibility index (Phi) is 5.00. The van der Waals surface area contributed by atoms with Crippen molar-refractivity contribution in [3.8, 4) is 0 Å². The quantitative estimate of drug-likeness (QED) is 0.899. The summed E-state index contributed by atoms with van der Waals surface area (Å²) in [5.41, 5.74) is 6.99. The molecule has 110 valence electrons. The zero-order valence-electron chi connectivity index (χ0n) is 11.7. The Morgan fingerprint density at radius 1 is 1.25 bits per heavy atom. The molecule has 20 heavy (non-hydrogen) atoms. The van der Waals surface area contributed by atoms with Crippen molar-refractivity contribution >= 4 is 28.3 Å². The number of hydrogen-bond donors (Lipinski definition) is 2. The minimum Gasteiger partial charge on any atom is -0.450 e. The van der Waals surface area contributed by atoms with Crippen LogP contribution in [0.5, 0.6) is 0 Å². The van der Waals surface area contributed by atoms with Gasteiger partial charge < -0.3 is 10.5 Å². The molecular weight excluding hydrogens is 276 g/mol. The van der Waals surface area contributed by atoms with Crippen LogP contribution < -0.4 is 11.1 Å². The summed E-state index contributed by atoms with van der Waals surface area (Å²) in [4.78, 5) is 24.5. The van der Waals surface area contributed by atoms with Gasteiger partial charge in [0.05, 0.1) is 12.2 Å². The smallest absolute Gasteiger partial charge is 0.412 e. The first kappa shape index (κ1) is 14.8. The molecule has 2 amide bonds. The molecule has 0 aromatic carbocycles. The molecule has 0 radical (unpaired) electrons. The van der Waals surface area contributed by atoms with E-state index < -0.39 is 12.0 Å². The van der Waals surface area contributed by atoms with Crippen molar-refractivity contribution in [1.82, 2.24) is 0 Å². The van der Waals surface area contributed by atoms with E-state index in [-0.39, 0.29) is 0 Å². The summed E-state index contributed by atoms with van der Waals surface area (Å²) in [6, 6.07) is 0. The van der Waals surface area contributed by atoms with Crippen LogP contribution in [0.1, 0.15) is 53.4 Å². The number of carbonyl (C=O) groups is 2. The number of ether oxygens (including phenoxy) is 1. The average Bonchev–Trinajstić information content (AvgIpc) is 2.66. The lowest BCUT2D eigenvalue weighted by Gasteiger charge is -2.10. The lowest BCUT2D eigenvalue weighted by molar-refractivity contribution is 0.100. The first-order valence-electron chi connectivity index (χ1n) is 7.01. The van der Waals surface area contributed by atoms with Gasteiger partial charge in [0, 0.05) is 4.88 Å². The molecule has 1 aromatic rings. The fraction of sp³-hybridized carbons (Fsp3) is 0.571. The van der Waals surface area contributed by atoms with Crippen LogP contribution >= 0.6 is 11.3 Å². The van der Waals surface area contributed by atoms with Crippen molar-refractivity contribution in [2.45, 2.75) is 45.4 Å². The summed E-state index contributed by atoms with van der Waals surface area (Å²) in [6.07, 6.45) is 5.83. The molecule has 0 saturated carbocycles. The third-order valence-corrected chi connectivity index (χ3v) is 4.62. The Bertz CT molecular complexity index is 511. The van der Waals surface area contributed by atoms with Crippen LogP contribution in [0.3, 0.4) is 0 Å². The molecule has 1 heterocycles. The summed E-state index contributed by atoms with van der Waals surface area (Å²) in [5.74, 6) is -0.477. The fourth-order valence-electron chi connectivity index (χ4n) is 2.53. The highest BCUT2D eigenvalue weighted by molar-refractivity contribution is 7.17. The lowest BCUT2D eigenvalue weighted by atomic mass is 9.96. The molecule has 0 aliphatic heterocycles. The third kappa shape index (κ3) is 3.30. The number of amides is 2. The first-order chi connectivity index (χ1) is 9.63. The Labute approximate surface area is 122 Å². The van der Waals surface area contributed by atoms with Crippen LogP contribution in [0.2, 0.25) is 0 Å². The Morgan fingerprint density at radius 2 is 1.95 bits per heavy atom. The molecule has 0 bridgehead atoms. The van der Waals surface area contributed by atoms with Crippen molar-refractivity contribution < 1.29 is 14.3 Å². The van der Waals surface area contributed by atoms with Gasteiger partial charge in [-0.15, -0.1) is 11.3 Å². The van der Waals surface area contributed by atoms with Crippen molar-refractivity contribution in [2.24, 2.45) is 5.73 Å². The Balaban J connectivity index is 2.33. The van der Waals surface area contributed by atoms with E-state index in [0.29, 0.717) is 17.2 Å². The molecule has 6 heteroatoms. The predicted molar refractivity (Wildman–Crippen MR) is 79.4 cm³/mol. The SMILES string of the molecule is CCOC(=O)Nc1sc2c(c1C(N)=O)CCCCCC2. The molecule has 1 aliphatic carbocycles. The van der Waals surface area contributed by atoms with Crippen LogP contribution in [-0.2, 0) is 17.6 Å². The first-order valence-corrected chi connectivity index (χ1v) is 7.83. The van der Waals surface area contributed by atoms with Crippen LogP contribution in [0.25, 0.3) is 0 Å². The van der Waals surface area contributed by atoms with Crippen LogP contribution in [0, 0.1) is 0 Å². The van der Waals surface area contributed by atoms with Gasteiger partial charge in [0.2, 0.25) is 0 Å². The van der Waals surface area contributed by atoms with Gasteiger partial charge in [-0.1, -0.05) is 12.8 Å². The number of rotatable bonds is 3. The van der Waals surface area contributed by atoms with Gasteiger partial charge in [-0.3, -0.25) is 10.1 Å². The third-order valence-electron chi connectivity index (χ3n) is 3.41. The molecule has 0 atom stereocenters. The molecule has 1 aliphatic rings. The number of anilines is 1. The molecule has 5 nitrogen and oxygen atoms in total. The van der Waals surface area contributed by atoms with Crippen molar-refractivity contribution in [3.63, 3.8) is 0 Å². The van der Waals surface area contributed by atoms with Crippen LogP contribution in [0.15, 0.2) is 0 Å². The van der Waals surface area contributed by atoms with Gasteiger partial charge in [-0.25, -0.2) is 4.79 Å². The van der Waals surface area contributed by atoms with Crippen LogP contribution in [0.4, 0.5) is 9.80 Å².